The molecule has 1 aliphatic rings. The van der Waals surface area contributed by atoms with Crippen LogP contribution in [0.15, 0.2) is 5.16 Å². The van der Waals surface area contributed by atoms with Crippen LogP contribution in [0.25, 0.3) is 0 Å². The lowest BCUT2D eigenvalue weighted by atomic mass is 10.1. The molecule has 0 aromatic carbocycles. The zero-order chi connectivity index (χ0) is 12.3. The second-order valence-corrected chi connectivity index (χ2v) is 3.82. The molecule has 1 heterocycles. The largest absolute Gasteiger partial charge is 0.409 e. The van der Waals surface area contributed by atoms with Gasteiger partial charge in [0.2, 0.25) is 0 Å². The summed E-state index contributed by atoms with van der Waals surface area (Å²) in [6.45, 7) is 0.175. The quantitative estimate of drug-likeness (QED) is 0.281. The molecule has 1 saturated heterocycles. The third kappa shape index (κ3) is 3.24. The Morgan fingerprint density at radius 2 is 2.19 bits per heavy atom. The first-order valence-electron chi connectivity index (χ1n) is 4.79. The van der Waals surface area contributed by atoms with Crippen LogP contribution in [0, 0.1) is 5.92 Å². The van der Waals surface area contributed by atoms with Gasteiger partial charge in [0.15, 0.2) is 5.84 Å². The Bertz CT molecular complexity index is 270. The van der Waals surface area contributed by atoms with E-state index < -0.39 is 30.6 Å². The number of aliphatic hydroxyl groups is 1. The summed E-state index contributed by atoms with van der Waals surface area (Å²) in [5.41, 5.74) is 5.01. The van der Waals surface area contributed by atoms with E-state index in [-0.39, 0.29) is 6.54 Å². The van der Waals surface area contributed by atoms with Crippen LogP contribution >= 0.6 is 0 Å². The molecule has 5 nitrogen and oxygen atoms in total. The Morgan fingerprint density at radius 3 is 2.56 bits per heavy atom. The molecular formula is C8H14F3N3O2. The van der Waals surface area contributed by atoms with Crippen molar-refractivity contribution in [3.63, 3.8) is 0 Å². The molecule has 4 N–H and O–H groups in total. The van der Waals surface area contributed by atoms with E-state index in [1.54, 1.807) is 0 Å². The van der Waals surface area contributed by atoms with Gasteiger partial charge >= 0.3 is 6.18 Å². The Kier molecular flexibility index (Phi) is 3.98. The molecule has 0 aromatic heterocycles. The molecule has 8 heteroatoms. The molecule has 2 atom stereocenters. The Morgan fingerprint density at radius 1 is 1.56 bits per heavy atom. The molecule has 0 bridgehead atoms. The number of amidine groups is 1. The molecular weight excluding hydrogens is 227 g/mol. The SMILES string of the molecule is NC(=NO)C(CN1CCC(O)C1)C(F)(F)F. The first-order valence-corrected chi connectivity index (χ1v) is 4.79. The van der Waals surface area contributed by atoms with Crippen molar-refractivity contribution in [2.24, 2.45) is 16.8 Å². The van der Waals surface area contributed by atoms with Gasteiger partial charge in [0, 0.05) is 19.6 Å². The lowest BCUT2D eigenvalue weighted by Gasteiger charge is -2.24. The second kappa shape index (κ2) is 4.88. The van der Waals surface area contributed by atoms with Gasteiger partial charge in [-0.25, -0.2) is 0 Å². The monoisotopic (exact) mass is 241 g/mol. The maximum Gasteiger partial charge on any atom is 0.400 e. The van der Waals surface area contributed by atoms with Crippen LogP contribution < -0.4 is 5.73 Å². The lowest BCUT2D eigenvalue weighted by molar-refractivity contribution is -0.159. The number of likely N-dealkylation sites (tertiary alicyclic amines) is 1. The summed E-state index contributed by atoms with van der Waals surface area (Å²) in [7, 11) is 0. The summed E-state index contributed by atoms with van der Waals surface area (Å²) in [5, 5.41) is 19.9. The number of rotatable bonds is 3. The highest BCUT2D eigenvalue weighted by Crippen LogP contribution is 2.28. The van der Waals surface area contributed by atoms with Crippen LogP contribution in [0.4, 0.5) is 13.2 Å². The lowest BCUT2D eigenvalue weighted by Crippen LogP contribution is -2.44. The topological polar surface area (TPSA) is 82.1 Å². The second-order valence-electron chi connectivity index (χ2n) is 3.82. The molecule has 0 aliphatic carbocycles. The normalized spacial score (nSPS) is 26.0. The van der Waals surface area contributed by atoms with Gasteiger partial charge in [0.25, 0.3) is 0 Å². The highest BCUT2D eigenvalue weighted by Gasteiger charge is 2.44. The molecule has 1 rings (SSSR count). The number of hydrogen-bond donors (Lipinski definition) is 3. The fraction of sp³-hybridized carbons (Fsp3) is 0.875. The van der Waals surface area contributed by atoms with E-state index in [9.17, 15) is 18.3 Å². The van der Waals surface area contributed by atoms with Gasteiger partial charge in [-0.3, -0.25) is 4.90 Å². The third-order valence-corrected chi connectivity index (χ3v) is 2.56. The van der Waals surface area contributed by atoms with Gasteiger partial charge in [-0.15, -0.1) is 0 Å². The summed E-state index contributed by atoms with van der Waals surface area (Å²) in [5.74, 6) is -2.85. The number of alkyl halides is 3. The number of hydrogen-bond acceptors (Lipinski definition) is 4. The highest BCUT2D eigenvalue weighted by molar-refractivity contribution is 5.83. The summed E-state index contributed by atoms with van der Waals surface area (Å²) in [6, 6.07) is 0. The van der Waals surface area contributed by atoms with E-state index in [4.69, 9.17) is 10.9 Å². The Balaban J connectivity index is 2.65. The number of aliphatic hydroxyl groups excluding tert-OH is 1. The van der Waals surface area contributed by atoms with E-state index in [0.717, 1.165) is 0 Å². The van der Waals surface area contributed by atoms with Crippen LogP contribution in [0.5, 0.6) is 0 Å². The van der Waals surface area contributed by atoms with Crippen molar-refractivity contribution in [3.05, 3.63) is 0 Å². The Hall–Kier alpha value is -1.02. The first kappa shape index (κ1) is 13.0. The molecule has 1 aliphatic heterocycles. The van der Waals surface area contributed by atoms with Crippen molar-refractivity contribution in [1.29, 1.82) is 0 Å². The molecule has 1 fully saturated rings. The van der Waals surface area contributed by atoms with Gasteiger partial charge in [0.05, 0.1) is 6.10 Å². The van der Waals surface area contributed by atoms with E-state index in [1.165, 1.54) is 4.90 Å². The summed E-state index contributed by atoms with van der Waals surface area (Å²) < 4.78 is 37.6. The van der Waals surface area contributed by atoms with E-state index in [2.05, 4.69) is 5.16 Å². The zero-order valence-electron chi connectivity index (χ0n) is 8.48. The predicted molar refractivity (Wildman–Crippen MR) is 50.0 cm³/mol. The Labute approximate surface area is 90.3 Å². The third-order valence-electron chi connectivity index (χ3n) is 2.56. The number of oxime groups is 1. The van der Waals surface area contributed by atoms with Gasteiger partial charge < -0.3 is 16.0 Å². The van der Waals surface area contributed by atoms with Crippen molar-refractivity contribution < 1.29 is 23.5 Å². The fourth-order valence-electron chi connectivity index (χ4n) is 1.67. The number of halogens is 3. The average molecular weight is 241 g/mol. The van der Waals surface area contributed by atoms with E-state index >= 15 is 0 Å². The smallest absolute Gasteiger partial charge is 0.400 e. The zero-order valence-corrected chi connectivity index (χ0v) is 8.48. The molecule has 94 valence electrons. The molecule has 0 amide bonds. The standard InChI is InChI=1S/C8H14F3N3O2/c9-8(10,11)6(7(12)13-16)4-14-2-1-5(15)3-14/h5-6,15-16H,1-4H2,(H2,12,13). The molecule has 0 spiro atoms. The fourth-order valence-corrected chi connectivity index (χ4v) is 1.67. The highest BCUT2D eigenvalue weighted by atomic mass is 19.4. The van der Waals surface area contributed by atoms with Gasteiger partial charge in [0.1, 0.15) is 5.92 Å². The minimum Gasteiger partial charge on any atom is -0.409 e. The van der Waals surface area contributed by atoms with Crippen LogP contribution in [0.2, 0.25) is 0 Å². The van der Waals surface area contributed by atoms with Crippen LogP contribution in [0.1, 0.15) is 6.42 Å². The molecule has 0 radical (unpaired) electrons. The van der Waals surface area contributed by atoms with Crippen molar-refractivity contribution >= 4 is 5.84 Å². The number of β-amino-alcohol motifs (C(OH)–C–C–N with tert-alkyl or cyclic N) is 1. The maximum atomic E-state index is 12.5. The van der Waals surface area contributed by atoms with Crippen molar-refractivity contribution in [2.45, 2.75) is 18.7 Å². The number of nitrogens with zero attached hydrogens (tertiary/aromatic N) is 2. The minimum atomic E-state index is -4.55. The minimum absolute atomic E-state index is 0.186. The first-order chi connectivity index (χ1) is 7.34. The summed E-state index contributed by atoms with van der Waals surface area (Å²) in [6.07, 6.45) is -4.70. The van der Waals surface area contributed by atoms with Crippen LogP contribution in [-0.4, -0.2) is 53.0 Å². The van der Waals surface area contributed by atoms with E-state index in [1.807, 2.05) is 0 Å². The van der Waals surface area contributed by atoms with Crippen molar-refractivity contribution in [2.75, 3.05) is 19.6 Å². The molecule has 0 aromatic rings. The summed E-state index contributed by atoms with van der Waals surface area (Å²) >= 11 is 0. The maximum absolute atomic E-state index is 12.5. The van der Waals surface area contributed by atoms with E-state index in [0.29, 0.717) is 13.0 Å². The predicted octanol–water partition coefficient (Wildman–Crippen LogP) is -0.0221. The molecule has 16 heavy (non-hydrogen) atoms. The van der Waals surface area contributed by atoms with Crippen molar-refractivity contribution in [3.8, 4) is 0 Å². The average Bonchev–Trinajstić information content (AvgIpc) is 2.57. The van der Waals surface area contributed by atoms with Crippen LogP contribution in [-0.2, 0) is 0 Å². The van der Waals surface area contributed by atoms with Gasteiger partial charge in [-0.2, -0.15) is 13.2 Å². The molecule has 2 unspecified atom stereocenters. The number of nitrogens with two attached hydrogens (primary N) is 1. The van der Waals surface area contributed by atoms with Gasteiger partial charge in [-0.1, -0.05) is 5.16 Å². The van der Waals surface area contributed by atoms with Crippen LogP contribution in [0.3, 0.4) is 0 Å². The summed E-state index contributed by atoms with van der Waals surface area (Å²) in [4.78, 5) is 1.45. The van der Waals surface area contributed by atoms with Crippen molar-refractivity contribution in [1.82, 2.24) is 4.90 Å². The molecule has 0 saturated carbocycles. The van der Waals surface area contributed by atoms with Gasteiger partial charge in [-0.05, 0) is 6.42 Å².